The van der Waals surface area contributed by atoms with E-state index in [1.165, 1.54) is 0 Å². The quantitative estimate of drug-likeness (QED) is 0.772. The Kier molecular flexibility index (Phi) is 4.59. The number of aromatic nitrogens is 4. The van der Waals surface area contributed by atoms with E-state index in [1.54, 1.807) is 26.2 Å². The van der Waals surface area contributed by atoms with Gasteiger partial charge in [-0.25, -0.2) is 9.97 Å². The molecular formula is C13H18IN5O. The second-order valence-corrected chi connectivity index (χ2v) is 6.55. The Balaban J connectivity index is 2.05. The molecule has 0 saturated carbocycles. The summed E-state index contributed by atoms with van der Waals surface area (Å²) in [5.74, 6) is 0.551. The molecule has 0 aliphatic rings. The predicted octanol–water partition coefficient (Wildman–Crippen LogP) is 2.49. The third-order valence-corrected chi connectivity index (χ3v) is 3.32. The van der Waals surface area contributed by atoms with Gasteiger partial charge < -0.3 is 10.4 Å². The highest BCUT2D eigenvalue weighted by atomic mass is 127. The first-order chi connectivity index (χ1) is 9.33. The van der Waals surface area contributed by atoms with Crippen molar-refractivity contribution in [1.82, 2.24) is 19.7 Å². The van der Waals surface area contributed by atoms with E-state index in [0.29, 0.717) is 18.9 Å². The van der Waals surface area contributed by atoms with E-state index in [1.807, 2.05) is 17.8 Å². The van der Waals surface area contributed by atoms with E-state index in [0.717, 1.165) is 15.0 Å². The van der Waals surface area contributed by atoms with Crippen LogP contribution in [0.25, 0.3) is 0 Å². The van der Waals surface area contributed by atoms with Crippen molar-refractivity contribution in [3.8, 4) is 0 Å². The molecular weight excluding hydrogens is 369 g/mol. The third kappa shape index (κ3) is 4.41. The average molecular weight is 387 g/mol. The monoisotopic (exact) mass is 387 g/mol. The minimum Gasteiger partial charge on any atom is -0.390 e. The van der Waals surface area contributed by atoms with Crippen LogP contribution in [0.2, 0.25) is 0 Å². The SMILES string of the molecule is Cc1nn(CCC(C)(C)O)cc1Nc1ncc(I)cn1. The molecule has 0 aliphatic heterocycles. The highest BCUT2D eigenvalue weighted by Gasteiger charge is 2.13. The summed E-state index contributed by atoms with van der Waals surface area (Å²) in [5, 5.41) is 17.3. The van der Waals surface area contributed by atoms with Crippen molar-refractivity contribution in [2.24, 2.45) is 0 Å². The van der Waals surface area contributed by atoms with Crippen molar-refractivity contribution in [2.75, 3.05) is 5.32 Å². The van der Waals surface area contributed by atoms with E-state index < -0.39 is 5.60 Å². The lowest BCUT2D eigenvalue weighted by Crippen LogP contribution is -2.21. The number of aryl methyl sites for hydroxylation is 2. The van der Waals surface area contributed by atoms with Crippen LogP contribution in [0.3, 0.4) is 0 Å². The first-order valence-corrected chi connectivity index (χ1v) is 7.42. The summed E-state index contributed by atoms with van der Waals surface area (Å²) in [6, 6.07) is 0. The zero-order valence-electron chi connectivity index (χ0n) is 11.8. The molecule has 2 N–H and O–H groups in total. The Labute approximate surface area is 131 Å². The molecule has 7 heteroatoms. The first kappa shape index (κ1) is 15.2. The Morgan fingerprint density at radius 3 is 2.60 bits per heavy atom. The molecule has 2 rings (SSSR count). The van der Waals surface area contributed by atoms with Crippen molar-refractivity contribution in [2.45, 2.75) is 39.3 Å². The van der Waals surface area contributed by atoms with Crippen LogP contribution in [-0.2, 0) is 6.54 Å². The second-order valence-electron chi connectivity index (χ2n) is 5.30. The fourth-order valence-corrected chi connectivity index (χ4v) is 1.92. The molecule has 0 aliphatic carbocycles. The molecule has 0 amide bonds. The van der Waals surface area contributed by atoms with E-state index in [2.05, 4.69) is 43.0 Å². The number of nitrogens with zero attached hydrogens (tertiary/aromatic N) is 4. The van der Waals surface area contributed by atoms with Crippen LogP contribution in [0.5, 0.6) is 0 Å². The van der Waals surface area contributed by atoms with Gasteiger partial charge in [0.15, 0.2) is 0 Å². The summed E-state index contributed by atoms with van der Waals surface area (Å²) < 4.78 is 2.81. The topological polar surface area (TPSA) is 75.9 Å². The molecule has 0 saturated heterocycles. The highest BCUT2D eigenvalue weighted by Crippen LogP contribution is 2.18. The maximum atomic E-state index is 9.74. The van der Waals surface area contributed by atoms with E-state index in [4.69, 9.17) is 0 Å². The molecule has 108 valence electrons. The van der Waals surface area contributed by atoms with Gasteiger partial charge in [0.05, 0.1) is 17.0 Å². The lowest BCUT2D eigenvalue weighted by atomic mass is 10.1. The number of anilines is 2. The van der Waals surface area contributed by atoms with Crippen LogP contribution >= 0.6 is 22.6 Å². The van der Waals surface area contributed by atoms with Crippen molar-refractivity contribution in [3.63, 3.8) is 0 Å². The number of halogens is 1. The molecule has 2 aromatic heterocycles. The molecule has 2 heterocycles. The Hall–Kier alpha value is -1.22. The maximum absolute atomic E-state index is 9.74. The van der Waals surface area contributed by atoms with Crippen molar-refractivity contribution >= 4 is 34.2 Å². The van der Waals surface area contributed by atoms with E-state index in [9.17, 15) is 5.11 Å². The normalized spacial score (nSPS) is 11.7. The second kappa shape index (κ2) is 6.04. The van der Waals surface area contributed by atoms with Gasteiger partial charge in [-0.2, -0.15) is 5.10 Å². The van der Waals surface area contributed by atoms with Gasteiger partial charge in [-0.05, 0) is 49.8 Å². The molecule has 0 aromatic carbocycles. The van der Waals surface area contributed by atoms with Crippen LogP contribution in [0.4, 0.5) is 11.6 Å². The third-order valence-electron chi connectivity index (χ3n) is 2.77. The summed E-state index contributed by atoms with van der Waals surface area (Å²) in [4.78, 5) is 8.40. The van der Waals surface area contributed by atoms with Gasteiger partial charge in [0.2, 0.25) is 5.95 Å². The molecule has 2 aromatic rings. The molecule has 6 nitrogen and oxygen atoms in total. The molecule has 0 radical (unpaired) electrons. The molecule has 0 unspecified atom stereocenters. The molecule has 0 atom stereocenters. The van der Waals surface area contributed by atoms with Crippen molar-refractivity contribution < 1.29 is 5.11 Å². The minimum absolute atomic E-state index is 0.551. The van der Waals surface area contributed by atoms with Gasteiger partial charge in [-0.15, -0.1) is 0 Å². The van der Waals surface area contributed by atoms with E-state index in [-0.39, 0.29) is 0 Å². The zero-order chi connectivity index (χ0) is 14.8. The van der Waals surface area contributed by atoms with Crippen molar-refractivity contribution in [3.05, 3.63) is 27.9 Å². The largest absolute Gasteiger partial charge is 0.390 e. The predicted molar refractivity (Wildman–Crippen MR) is 85.9 cm³/mol. The standard InChI is InChI=1S/C13H18IN5O/c1-9-11(17-12-15-6-10(14)7-16-12)8-19(18-9)5-4-13(2,3)20/h6-8,20H,4-5H2,1-3H3,(H,15,16,17). The summed E-state index contributed by atoms with van der Waals surface area (Å²) in [6.07, 6.45) is 6.06. The summed E-state index contributed by atoms with van der Waals surface area (Å²) in [5.41, 5.74) is 1.07. The maximum Gasteiger partial charge on any atom is 0.227 e. The van der Waals surface area contributed by atoms with Gasteiger partial charge in [0.1, 0.15) is 0 Å². The van der Waals surface area contributed by atoms with Crippen LogP contribution in [-0.4, -0.2) is 30.5 Å². The van der Waals surface area contributed by atoms with Gasteiger partial charge in [0, 0.05) is 28.7 Å². The molecule has 0 spiro atoms. The smallest absolute Gasteiger partial charge is 0.227 e. The van der Waals surface area contributed by atoms with Crippen LogP contribution < -0.4 is 5.32 Å². The summed E-state index contributed by atoms with van der Waals surface area (Å²) >= 11 is 2.16. The van der Waals surface area contributed by atoms with Crippen LogP contribution in [0.15, 0.2) is 18.6 Å². The fraction of sp³-hybridized carbons (Fsp3) is 0.462. The minimum atomic E-state index is -0.688. The average Bonchev–Trinajstić information content (AvgIpc) is 2.70. The molecule has 20 heavy (non-hydrogen) atoms. The zero-order valence-corrected chi connectivity index (χ0v) is 13.9. The molecule has 0 fully saturated rings. The fourth-order valence-electron chi connectivity index (χ4n) is 1.64. The van der Waals surface area contributed by atoms with Gasteiger partial charge in [-0.3, -0.25) is 4.68 Å². The Morgan fingerprint density at radius 1 is 1.35 bits per heavy atom. The van der Waals surface area contributed by atoms with E-state index >= 15 is 0 Å². The summed E-state index contributed by atoms with van der Waals surface area (Å²) in [6.45, 7) is 6.18. The number of hydrogen-bond donors (Lipinski definition) is 2. The lowest BCUT2D eigenvalue weighted by molar-refractivity contribution is 0.0651. The van der Waals surface area contributed by atoms with Gasteiger partial charge in [-0.1, -0.05) is 0 Å². The highest BCUT2D eigenvalue weighted by molar-refractivity contribution is 14.1. The van der Waals surface area contributed by atoms with Crippen molar-refractivity contribution in [1.29, 1.82) is 0 Å². The van der Waals surface area contributed by atoms with Crippen LogP contribution in [0, 0.1) is 10.5 Å². The Bertz CT molecular complexity index is 573. The number of rotatable bonds is 5. The van der Waals surface area contributed by atoms with Gasteiger partial charge >= 0.3 is 0 Å². The number of aliphatic hydroxyl groups is 1. The first-order valence-electron chi connectivity index (χ1n) is 6.34. The lowest BCUT2D eigenvalue weighted by Gasteiger charge is -2.16. The van der Waals surface area contributed by atoms with Gasteiger partial charge in [0.25, 0.3) is 0 Å². The summed E-state index contributed by atoms with van der Waals surface area (Å²) in [7, 11) is 0. The van der Waals surface area contributed by atoms with Crippen LogP contribution in [0.1, 0.15) is 26.0 Å². The number of hydrogen-bond acceptors (Lipinski definition) is 5. The molecule has 0 bridgehead atoms. The number of nitrogens with one attached hydrogen (secondary N) is 1. The Morgan fingerprint density at radius 2 is 2.00 bits per heavy atom.